The van der Waals surface area contributed by atoms with Crippen LogP contribution in [0.1, 0.15) is 109 Å². The number of carbonyl (C=O) groups excluding carboxylic acids is 2. The quantitative estimate of drug-likeness (QED) is 0.214. The molecule has 8 heteroatoms. The van der Waals surface area contributed by atoms with Crippen LogP contribution >= 0.6 is 0 Å². The fourth-order valence-corrected chi connectivity index (χ4v) is 6.01. The summed E-state index contributed by atoms with van der Waals surface area (Å²) in [5, 5.41) is 6.45. The zero-order valence-electron chi connectivity index (χ0n) is 28.8. The van der Waals surface area contributed by atoms with Crippen LogP contribution in [0.2, 0.25) is 0 Å². The van der Waals surface area contributed by atoms with E-state index in [0.29, 0.717) is 22.8 Å². The summed E-state index contributed by atoms with van der Waals surface area (Å²) in [5.74, 6) is 0.603. The molecule has 7 nitrogen and oxygen atoms in total. The lowest BCUT2D eigenvalue weighted by Gasteiger charge is -2.30. The van der Waals surface area contributed by atoms with E-state index in [4.69, 9.17) is 14.2 Å². The minimum Gasteiger partial charge on any atom is -0.485 e. The number of para-hydroxylation sites is 1. The van der Waals surface area contributed by atoms with Gasteiger partial charge in [-0.05, 0) is 121 Å². The highest BCUT2D eigenvalue weighted by Gasteiger charge is 2.29. The number of alkyl carbamates (subject to hydrolysis) is 1. The molecule has 0 radical (unpaired) electrons. The molecule has 1 amide bonds. The average molecular weight is 645 g/mol. The number of hydrogen-bond donors (Lipinski definition) is 2. The van der Waals surface area contributed by atoms with Crippen molar-refractivity contribution in [2.75, 3.05) is 11.9 Å². The number of anilines is 1. The molecule has 1 fully saturated rings. The highest BCUT2D eigenvalue weighted by molar-refractivity contribution is 5.75. The number of esters is 1. The van der Waals surface area contributed by atoms with Gasteiger partial charge in [0, 0.05) is 28.9 Å². The van der Waals surface area contributed by atoms with E-state index in [0.717, 1.165) is 48.2 Å². The molecule has 0 heterocycles. The van der Waals surface area contributed by atoms with E-state index < -0.39 is 23.3 Å². The largest absolute Gasteiger partial charge is 0.485 e. The number of ether oxygens (including phenoxy) is 3. The van der Waals surface area contributed by atoms with Crippen molar-refractivity contribution < 1.29 is 28.2 Å². The third kappa shape index (κ3) is 9.27. The molecule has 3 aromatic carbocycles. The van der Waals surface area contributed by atoms with Gasteiger partial charge in [0.2, 0.25) is 0 Å². The molecule has 0 saturated heterocycles. The molecule has 0 aliphatic heterocycles. The van der Waals surface area contributed by atoms with Gasteiger partial charge < -0.3 is 24.8 Å². The molecule has 2 aliphatic carbocycles. The summed E-state index contributed by atoms with van der Waals surface area (Å²) in [4.78, 5) is 25.2. The van der Waals surface area contributed by atoms with E-state index in [2.05, 4.69) is 10.6 Å². The van der Waals surface area contributed by atoms with Crippen molar-refractivity contribution in [1.29, 1.82) is 0 Å². The zero-order valence-corrected chi connectivity index (χ0v) is 28.8. The highest BCUT2D eigenvalue weighted by atomic mass is 19.1. The summed E-state index contributed by atoms with van der Waals surface area (Å²) in [6.07, 6.45) is 4.29. The Hall–Kier alpha value is -4.07. The number of carbonyl (C=O) groups is 2. The molecule has 252 valence electrons. The minimum absolute atomic E-state index is 0.106. The summed E-state index contributed by atoms with van der Waals surface area (Å²) in [7, 11) is 0. The molecule has 2 N–H and O–H groups in total. The Kier molecular flexibility index (Phi) is 10.2. The van der Waals surface area contributed by atoms with Gasteiger partial charge in [0.05, 0.1) is 12.5 Å². The Balaban J connectivity index is 1.48. The molecule has 2 atom stereocenters. The van der Waals surface area contributed by atoms with Crippen LogP contribution in [0.3, 0.4) is 0 Å². The lowest BCUT2D eigenvalue weighted by atomic mass is 9.85. The predicted molar refractivity (Wildman–Crippen MR) is 183 cm³/mol. The smallest absolute Gasteiger partial charge is 0.408 e. The van der Waals surface area contributed by atoms with Crippen molar-refractivity contribution in [1.82, 2.24) is 5.32 Å². The van der Waals surface area contributed by atoms with Crippen LogP contribution in [-0.2, 0) is 27.1 Å². The van der Waals surface area contributed by atoms with Crippen LogP contribution in [0.5, 0.6) is 5.75 Å². The van der Waals surface area contributed by atoms with Crippen molar-refractivity contribution in [3.05, 3.63) is 82.7 Å². The van der Waals surface area contributed by atoms with E-state index in [9.17, 15) is 9.59 Å². The SMILES string of the molecule is C[C@@H](NC(=O)OC(C)(C)C)c1cccc(-c2cc(NCC3CC3)c3c(c2)C(Oc2ccccc2CC(=O)OC(C)(C)C)CCC3)c1F. The minimum atomic E-state index is -0.661. The Bertz CT molecular complexity index is 1600. The molecular formula is C39H49FN2O5. The summed E-state index contributed by atoms with van der Waals surface area (Å²) in [6, 6.07) is 16.4. The van der Waals surface area contributed by atoms with E-state index in [1.165, 1.54) is 18.4 Å². The van der Waals surface area contributed by atoms with Gasteiger partial charge in [-0.1, -0.05) is 36.4 Å². The van der Waals surface area contributed by atoms with Gasteiger partial charge in [0.1, 0.15) is 28.9 Å². The molecule has 0 bridgehead atoms. The van der Waals surface area contributed by atoms with E-state index in [-0.39, 0.29) is 24.3 Å². The normalized spacial score (nSPS) is 16.9. The van der Waals surface area contributed by atoms with E-state index in [1.54, 1.807) is 39.8 Å². The molecule has 1 unspecified atom stereocenters. The van der Waals surface area contributed by atoms with Gasteiger partial charge in [0.25, 0.3) is 0 Å². The van der Waals surface area contributed by atoms with Crippen molar-refractivity contribution in [2.24, 2.45) is 5.92 Å². The molecule has 1 saturated carbocycles. The van der Waals surface area contributed by atoms with Gasteiger partial charge >= 0.3 is 12.1 Å². The predicted octanol–water partition coefficient (Wildman–Crippen LogP) is 9.24. The van der Waals surface area contributed by atoms with Gasteiger partial charge in [0.15, 0.2) is 0 Å². The number of halogens is 1. The average Bonchev–Trinajstić information content (AvgIpc) is 3.80. The van der Waals surface area contributed by atoms with Crippen LogP contribution in [-0.4, -0.2) is 29.8 Å². The third-order valence-corrected chi connectivity index (χ3v) is 8.34. The molecule has 0 spiro atoms. The number of benzene rings is 3. The van der Waals surface area contributed by atoms with Crippen LogP contribution in [0.15, 0.2) is 54.6 Å². The fraction of sp³-hybridized carbons (Fsp3) is 0.487. The van der Waals surface area contributed by atoms with Gasteiger partial charge in [-0.3, -0.25) is 4.79 Å². The fourth-order valence-electron chi connectivity index (χ4n) is 6.01. The first-order valence-corrected chi connectivity index (χ1v) is 16.8. The van der Waals surface area contributed by atoms with Crippen LogP contribution in [0.25, 0.3) is 11.1 Å². The first-order chi connectivity index (χ1) is 22.2. The third-order valence-electron chi connectivity index (χ3n) is 8.34. The van der Waals surface area contributed by atoms with Gasteiger partial charge in [-0.2, -0.15) is 0 Å². The van der Waals surface area contributed by atoms with Crippen LogP contribution in [0.4, 0.5) is 14.9 Å². The molecular weight excluding hydrogens is 595 g/mol. The Morgan fingerprint density at radius 3 is 2.36 bits per heavy atom. The van der Waals surface area contributed by atoms with E-state index in [1.807, 2.05) is 63.2 Å². The Labute approximate surface area is 278 Å². The van der Waals surface area contributed by atoms with Crippen molar-refractivity contribution in [3.8, 4) is 16.9 Å². The maximum Gasteiger partial charge on any atom is 0.408 e. The summed E-state index contributed by atoms with van der Waals surface area (Å²) in [6.45, 7) is 13.6. The Morgan fingerprint density at radius 1 is 0.936 bits per heavy atom. The molecule has 3 aromatic rings. The summed E-state index contributed by atoms with van der Waals surface area (Å²) in [5.41, 5.74) is 4.30. The standard InChI is InChI=1S/C39H49FN2O5/c1-24(42-37(44)47-39(5,6)7)28-13-10-14-29(36(28)40)27-20-31-30(32(21-27)41-23-25-18-19-25)15-11-17-34(31)45-33-16-9-8-12-26(33)22-35(43)46-38(2,3)4/h8-10,12-14,16,20-21,24-25,34,41H,11,15,17-19,22-23H2,1-7H3,(H,42,44)/t24-,34?/m1/s1. The Morgan fingerprint density at radius 2 is 1.66 bits per heavy atom. The topological polar surface area (TPSA) is 85.9 Å². The van der Waals surface area contributed by atoms with Crippen molar-refractivity contribution in [2.45, 2.75) is 110 Å². The lowest BCUT2D eigenvalue weighted by Crippen LogP contribution is -2.34. The first-order valence-electron chi connectivity index (χ1n) is 16.8. The lowest BCUT2D eigenvalue weighted by molar-refractivity contribution is -0.153. The van der Waals surface area contributed by atoms with Gasteiger partial charge in [-0.25, -0.2) is 9.18 Å². The van der Waals surface area contributed by atoms with E-state index >= 15 is 4.39 Å². The number of nitrogens with one attached hydrogen (secondary N) is 2. The molecule has 0 aromatic heterocycles. The molecule has 2 aliphatic rings. The van der Waals surface area contributed by atoms with Gasteiger partial charge in [-0.15, -0.1) is 0 Å². The maximum absolute atomic E-state index is 16.3. The zero-order chi connectivity index (χ0) is 33.9. The number of rotatable bonds is 10. The molecule has 47 heavy (non-hydrogen) atoms. The molecule has 5 rings (SSSR count). The second-order valence-corrected chi connectivity index (χ2v) is 14.9. The second-order valence-electron chi connectivity index (χ2n) is 14.9. The summed E-state index contributed by atoms with van der Waals surface area (Å²) < 4.78 is 34.0. The second kappa shape index (κ2) is 14.0. The van der Waals surface area contributed by atoms with Crippen molar-refractivity contribution in [3.63, 3.8) is 0 Å². The first kappa shape index (κ1) is 34.3. The maximum atomic E-state index is 16.3. The number of fused-ring (bicyclic) bond motifs is 1. The number of hydrogen-bond acceptors (Lipinski definition) is 6. The van der Waals surface area contributed by atoms with Crippen LogP contribution in [0, 0.1) is 11.7 Å². The highest BCUT2D eigenvalue weighted by Crippen LogP contribution is 2.42. The van der Waals surface area contributed by atoms with Crippen molar-refractivity contribution >= 4 is 17.7 Å². The number of amides is 1. The summed E-state index contributed by atoms with van der Waals surface area (Å²) >= 11 is 0. The monoisotopic (exact) mass is 644 g/mol. The van der Waals surface area contributed by atoms with Crippen LogP contribution < -0.4 is 15.4 Å².